The Bertz CT molecular complexity index is 4880. The Morgan fingerprint density at radius 1 is 0.358 bits per heavy atom. The van der Waals surface area contributed by atoms with Crippen molar-refractivity contribution >= 4 is 140 Å². The van der Waals surface area contributed by atoms with Crippen molar-refractivity contribution in [2.24, 2.45) is 0 Å². The van der Waals surface area contributed by atoms with E-state index in [1.54, 1.807) is 0 Å². The van der Waals surface area contributed by atoms with Gasteiger partial charge in [-0.2, -0.15) is 0 Å². The molecule has 0 unspecified atom stereocenters. The van der Waals surface area contributed by atoms with Gasteiger partial charge in [0.1, 0.15) is 11.2 Å². The minimum Gasteiger partial charge on any atom is -0.456 e. The zero-order valence-corrected chi connectivity index (χ0v) is 46.2. The zero-order valence-electron chi connectivity index (χ0n) is 46.2. The molecule has 3 aliphatic rings. The van der Waals surface area contributed by atoms with Gasteiger partial charge in [0.25, 0.3) is 6.71 Å². The van der Waals surface area contributed by atoms with Gasteiger partial charge in [-0.3, -0.25) is 0 Å². The first-order valence-corrected chi connectivity index (χ1v) is 28.4. The average Bonchev–Trinajstić information content (AvgIpc) is 4.30. The molecule has 0 amide bonds. The van der Waals surface area contributed by atoms with Gasteiger partial charge < -0.3 is 28.3 Å². The van der Waals surface area contributed by atoms with Crippen LogP contribution < -0.4 is 31.1 Å². The van der Waals surface area contributed by atoms with Crippen LogP contribution in [-0.2, 0) is 10.8 Å². The molecule has 0 spiro atoms. The van der Waals surface area contributed by atoms with E-state index in [-0.39, 0.29) is 17.5 Å². The van der Waals surface area contributed by atoms with E-state index in [1.807, 2.05) is 0 Å². The van der Waals surface area contributed by atoms with Gasteiger partial charge in [-0.15, -0.1) is 0 Å². The molecule has 0 bridgehead atoms. The molecule has 11 aromatic carbocycles. The second kappa shape index (κ2) is 16.4. The molecule has 3 aromatic heterocycles. The summed E-state index contributed by atoms with van der Waals surface area (Å²) in [7, 11) is 0. The van der Waals surface area contributed by atoms with Crippen molar-refractivity contribution in [1.82, 2.24) is 9.13 Å². The topological polar surface area (TPSA) is 32.7 Å². The quantitative estimate of drug-likeness (QED) is 0.161. The molecule has 3 aliphatic heterocycles. The van der Waals surface area contributed by atoms with E-state index in [9.17, 15) is 0 Å². The Morgan fingerprint density at radius 3 is 1.64 bits per heavy atom. The standard InChI is InChI=1S/C74H56BN5O/c1-73(2,3)45-31-36-61-55(39-45)56-40-46(74(4,5)6)32-37-62(56)77(61)50-33-35-58-65(42-50)78(49-34-38-69-57(41-49)53-24-14-16-30-68(53)81-69)66-43-51(76(47-19-9-7-10-20-47)48-21-11-8-12-22-48)44-67-70(66)75(58)59-26-18-29-64-72(59)80(67)63-28-17-25-54-52-23-13-15-27-60(52)79(64)71(54)63/h7-44H,1-6H3. The summed E-state index contributed by atoms with van der Waals surface area (Å²) in [5, 5.41) is 7.22. The molecule has 0 atom stereocenters. The van der Waals surface area contributed by atoms with E-state index >= 15 is 0 Å². The second-order valence-electron chi connectivity index (χ2n) is 24.6. The Hall–Kier alpha value is -9.72. The number of hydrogen-bond donors (Lipinski definition) is 0. The molecule has 14 aromatic rings. The normalized spacial score (nSPS) is 13.5. The maximum atomic E-state index is 6.58. The van der Waals surface area contributed by atoms with E-state index in [0.717, 1.165) is 67.4 Å². The predicted octanol–water partition coefficient (Wildman–Crippen LogP) is 18.2. The second-order valence-corrected chi connectivity index (χ2v) is 24.6. The molecular weight excluding hydrogens is 986 g/mol. The smallest absolute Gasteiger partial charge is 0.252 e. The number of furan rings is 1. The molecule has 0 saturated heterocycles. The Balaban J connectivity index is 1.01. The summed E-state index contributed by atoms with van der Waals surface area (Å²) < 4.78 is 11.6. The van der Waals surface area contributed by atoms with Crippen LogP contribution in [0.2, 0.25) is 0 Å². The molecule has 386 valence electrons. The van der Waals surface area contributed by atoms with Crippen molar-refractivity contribution in [2.45, 2.75) is 52.4 Å². The molecule has 17 rings (SSSR count). The lowest BCUT2D eigenvalue weighted by atomic mass is 9.33. The molecule has 0 saturated carbocycles. The summed E-state index contributed by atoms with van der Waals surface area (Å²) in [4.78, 5) is 7.62. The number of anilines is 9. The van der Waals surface area contributed by atoms with Gasteiger partial charge in [-0.25, -0.2) is 0 Å². The van der Waals surface area contributed by atoms with E-state index in [0.29, 0.717) is 0 Å². The molecular formula is C74H56BN5O. The third kappa shape index (κ3) is 6.51. The molecule has 0 radical (unpaired) electrons. The van der Waals surface area contributed by atoms with Crippen LogP contribution in [0.4, 0.5) is 51.2 Å². The van der Waals surface area contributed by atoms with Crippen molar-refractivity contribution in [3.63, 3.8) is 0 Å². The fraction of sp³-hybridized carbons (Fsp3) is 0.108. The first-order valence-electron chi connectivity index (χ1n) is 28.4. The molecule has 6 nitrogen and oxygen atoms in total. The maximum absolute atomic E-state index is 6.58. The molecule has 81 heavy (non-hydrogen) atoms. The number of para-hydroxylation sites is 6. The van der Waals surface area contributed by atoms with Crippen LogP contribution in [0.15, 0.2) is 235 Å². The number of fused-ring (bicyclic) bond motifs is 15. The number of benzene rings is 11. The van der Waals surface area contributed by atoms with E-state index in [4.69, 9.17) is 4.42 Å². The highest BCUT2D eigenvalue weighted by Gasteiger charge is 2.47. The van der Waals surface area contributed by atoms with Crippen molar-refractivity contribution in [3.8, 4) is 11.4 Å². The summed E-state index contributed by atoms with van der Waals surface area (Å²) in [6, 6.07) is 86.4. The minimum atomic E-state index is -0.125. The third-order valence-corrected chi connectivity index (χ3v) is 17.9. The average molecular weight is 1040 g/mol. The predicted molar refractivity (Wildman–Crippen MR) is 342 cm³/mol. The largest absolute Gasteiger partial charge is 0.456 e. The zero-order chi connectivity index (χ0) is 54.2. The van der Waals surface area contributed by atoms with Gasteiger partial charge in [0.05, 0.1) is 44.8 Å². The van der Waals surface area contributed by atoms with Crippen LogP contribution in [0.1, 0.15) is 52.7 Å². The Labute approximate surface area is 471 Å². The number of hydrogen-bond acceptors (Lipinski definition) is 4. The fourth-order valence-corrected chi connectivity index (χ4v) is 14.1. The first-order chi connectivity index (χ1) is 39.5. The highest BCUT2D eigenvalue weighted by Crippen LogP contribution is 2.54. The van der Waals surface area contributed by atoms with Gasteiger partial charge in [-0.05, 0) is 154 Å². The Morgan fingerprint density at radius 2 is 0.938 bits per heavy atom. The van der Waals surface area contributed by atoms with Crippen LogP contribution in [-0.4, -0.2) is 15.8 Å². The van der Waals surface area contributed by atoms with Gasteiger partial charge in [0.2, 0.25) is 0 Å². The van der Waals surface area contributed by atoms with E-state index in [2.05, 4.69) is 296 Å². The summed E-state index contributed by atoms with van der Waals surface area (Å²) in [5.41, 5.74) is 25.4. The van der Waals surface area contributed by atoms with E-state index in [1.165, 1.54) is 88.2 Å². The number of nitrogens with zero attached hydrogens (tertiary/aromatic N) is 5. The van der Waals surface area contributed by atoms with Crippen molar-refractivity contribution in [1.29, 1.82) is 0 Å². The minimum absolute atomic E-state index is 0.0194. The van der Waals surface area contributed by atoms with Gasteiger partial charge in [0.15, 0.2) is 0 Å². The maximum Gasteiger partial charge on any atom is 0.252 e. The summed E-state index contributed by atoms with van der Waals surface area (Å²) in [6.07, 6.45) is 0. The molecule has 6 heterocycles. The lowest BCUT2D eigenvalue weighted by Gasteiger charge is -2.46. The van der Waals surface area contributed by atoms with Crippen LogP contribution in [0, 0.1) is 0 Å². The highest BCUT2D eigenvalue weighted by molar-refractivity contribution is 7.00. The molecule has 0 aliphatic carbocycles. The highest BCUT2D eigenvalue weighted by atomic mass is 16.3. The van der Waals surface area contributed by atoms with Crippen LogP contribution >= 0.6 is 0 Å². The number of aromatic nitrogens is 2. The third-order valence-electron chi connectivity index (χ3n) is 17.9. The fourth-order valence-electron chi connectivity index (χ4n) is 14.1. The lowest BCUT2D eigenvalue weighted by molar-refractivity contribution is 0.590. The Kier molecular flexibility index (Phi) is 9.38. The summed E-state index contributed by atoms with van der Waals surface area (Å²) in [6.45, 7) is 13.8. The van der Waals surface area contributed by atoms with Crippen molar-refractivity contribution in [3.05, 3.63) is 242 Å². The number of rotatable bonds is 5. The van der Waals surface area contributed by atoms with Crippen molar-refractivity contribution < 1.29 is 4.42 Å². The SMILES string of the molecule is CC(C)(C)c1ccc2c(c1)c1cc(C(C)(C)C)ccc1n2-c1ccc2c(c1)N(c1ccc3oc4ccccc4c3c1)c1cc(N(c3ccccc3)c3ccccc3)cc3c1B2c1cccc2c1N3c1cccc3c4ccccc4n-2c13. The summed E-state index contributed by atoms with van der Waals surface area (Å²) >= 11 is 0. The monoisotopic (exact) mass is 1040 g/mol. The van der Waals surface area contributed by atoms with Crippen LogP contribution in [0.5, 0.6) is 0 Å². The lowest BCUT2D eigenvalue weighted by Crippen LogP contribution is -2.61. The summed E-state index contributed by atoms with van der Waals surface area (Å²) in [5.74, 6) is 0. The van der Waals surface area contributed by atoms with Gasteiger partial charge in [0, 0.05) is 72.1 Å². The van der Waals surface area contributed by atoms with Crippen LogP contribution in [0.3, 0.4) is 0 Å². The van der Waals surface area contributed by atoms with Crippen molar-refractivity contribution in [2.75, 3.05) is 14.7 Å². The first kappa shape index (κ1) is 46.2. The van der Waals surface area contributed by atoms with E-state index < -0.39 is 0 Å². The molecule has 0 N–H and O–H groups in total. The molecule has 7 heteroatoms. The van der Waals surface area contributed by atoms with Gasteiger partial charge in [-0.1, -0.05) is 157 Å². The van der Waals surface area contributed by atoms with Gasteiger partial charge >= 0.3 is 0 Å². The molecule has 0 fully saturated rings. The van der Waals surface area contributed by atoms with Crippen LogP contribution in [0.25, 0.3) is 76.9 Å².